The first-order valence-corrected chi connectivity index (χ1v) is 12.3. The predicted molar refractivity (Wildman–Crippen MR) is 134 cm³/mol. The minimum Gasteiger partial charge on any atom is -0.348 e. The summed E-state index contributed by atoms with van der Waals surface area (Å²) in [4.78, 5) is 5.59. The van der Waals surface area contributed by atoms with E-state index >= 15 is 0 Å². The second kappa shape index (κ2) is 6.77. The van der Waals surface area contributed by atoms with Gasteiger partial charge in [0.1, 0.15) is 0 Å². The van der Waals surface area contributed by atoms with Gasteiger partial charge in [0.2, 0.25) is 0 Å². The average Bonchev–Trinajstić information content (AvgIpc) is 3.04. The van der Waals surface area contributed by atoms with Crippen molar-refractivity contribution in [2.75, 3.05) is 16.5 Å². The number of fused-ring (bicyclic) bond motifs is 7. The molecule has 5 rings (SSSR count). The molecule has 3 aliphatic rings. The molecule has 3 aliphatic heterocycles. The molecule has 2 heteroatoms. The summed E-state index contributed by atoms with van der Waals surface area (Å²) in [5.74, 6) is 1.08. The third-order valence-electron chi connectivity index (χ3n) is 8.40. The molecule has 0 bridgehead atoms. The summed E-state index contributed by atoms with van der Waals surface area (Å²) in [7, 11) is 0. The normalized spacial score (nSPS) is 25.4. The molecule has 2 nitrogen and oxygen atoms in total. The Labute approximate surface area is 189 Å². The Balaban J connectivity index is 1.70. The molecule has 0 radical (unpaired) electrons. The quantitative estimate of drug-likeness (QED) is 0.506. The number of hydrogen-bond donors (Lipinski definition) is 0. The first-order chi connectivity index (χ1) is 14.5. The standard InChI is InChI=1S/C29H40N2/c1-18(2)20-11-9-13-22-26(20)30-17-31-25(24(30)15-28(22,5)6)16-29(7,8)23-14-10-12-21(19(3)4)27(23)31/h9-14,18-19,24-25H,15-17H2,1-8H3/t24-,25-/m0/s1. The lowest BCUT2D eigenvalue weighted by Crippen LogP contribution is -2.49. The van der Waals surface area contributed by atoms with Gasteiger partial charge in [-0.1, -0.05) is 91.8 Å². The van der Waals surface area contributed by atoms with E-state index in [4.69, 9.17) is 0 Å². The topological polar surface area (TPSA) is 6.48 Å². The van der Waals surface area contributed by atoms with Gasteiger partial charge in [0.15, 0.2) is 0 Å². The number of benzene rings is 2. The van der Waals surface area contributed by atoms with Crippen molar-refractivity contribution in [1.29, 1.82) is 0 Å². The largest absolute Gasteiger partial charge is 0.348 e. The molecule has 0 N–H and O–H groups in total. The Morgan fingerprint density at radius 3 is 1.42 bits per heavy atom. The third kappa shape index (κ3) is 2.97. The van der Waals surface area contributed by atoms with Gasteiger partial charge >= 0.3 is 0 Å². The molecule has 0 amide bonds. The summed E-state index contributed by atoms with van der Waals surface area (Å²) in [6.07, 6.45) is 2.47. The lowest BCUT2D eigenvalue weighted by molar-refractivity contribution is 0.325. The SMILES string of the molecule is CC(C)c1cccc2c1N1CN3c4c(C(C)C)cccc4C(C)(C)C[C@H]3[C@@H]1CC2(C)C. The van der Waals surface area contributed by atoms with E-state index in [1.807, 2.05) is 0 Å². The third-order valence-corrected chi connectivity index (χ3v) is 8.40. The summed E-state index contributed by atoms with van der Waals surface area (Å²) < 4.78 is 0. The van der Waals surface area contributed by atoms with Gasteiger partial charge in [0, 0.05) is 11.4 Å². The maximum atomic E-state index is 2.79. The van der Waals surface area contributed by atoms with Crippen molar-refractivity contribution in [1.82, 2.24) is 0 Å². The van der Waals surface area contributed by atoms with E-state index in [2.05, 4.69) is 102 Å². The number of anilines is 2. The summed E-state index contributed by atoms with van der Waals surface area (Å²) in [6, 6.07) is 15.3. The molecular formula is C29H40N2. The van der Waals surface area contributed by atoms with Gasteiger partial charge in [0.25, 0.3) is 0 Å². The Hall–Kier alpha value is -1.96. The summed E-state index contributed by atoms with van der Waals surface area (Å²) in [5, 5.41) is 0. The first-order valence-electron chi connectivity index (χ1n) is 12.3. The minimum atomic E-state index is 0.208. The van der Waals surface area contributed by atoms with Crippen LogP contribution in [0.3, 0.4) is 0 Å². The van der Waals surface area contributed by atoms with Gasteiger partial charge < -0.3 is 9.80 Å². The summed E-state index contributed by atoms with van der Waals surface area (Å²) in [6.45, 7) is 20.3. The van der Waals surface area contributed by atoms with Crippen LogP contribution in [0.4, 0.5) is 11.4 Å². The molecule has 31 heavy (non-hydrogen) atoms. The fourth-order valence-electron chi connectivity index (χ4n) is 6.81. The zero-order chi connectivity index (χ0) is 22.3. The number of hydrogen-bond acceptors (Lipinski definition) is 2. The Kier molecular flexibility index (Phi) is 4.57. The zero-order valence-corrected chi connectivity index (χ0v) is 20.8. The molecule has 0 aliphatic carbocycles. The average molecular weight is 417 g/mol. The van der Waals surface area contributed by atoms with E-state index in [-0.39, 0.29) is 10.8 Å². The van der Waals surface area contributed by atoms with Crippen LogP contribution in [0.25, 0.3) is 0 Å². The van der Waals surface area contributed by atoms with E-state index in [9.17, 15) is 0 Å². The van der Waals surface area contributed by atoms with Gasteiger partial charge in [-0.05, 0) is 57.8 Å². The van der Waals surface area contributed by atoms with Crippen molar-refractivity contribution in [2.45, 2.75) is 103 Å². The van der Waals surface area contributed by atoms with Crippen LogP contribution < -0.4 is 9.80 Å². The van der Waals surface area contributed by atoms with Gasteiger partial charge in [0.05, 0.1) is 18.8 Å². The molecule has 3 heterocycles. The molecule has 2 atom stereocenters. The van der Waals surface area contributed by atoms with Crippen LogP contribution in [0.5, 0.6) is 0 Å². The Morgan fingerprint density at radius 2 is 1.06 bits per heavy atom. The summed E-state index contributed by atoms with van der Waals surface area (Å²) >= 11 is 0. The lowest BCUT2D eigenvalue weighted by atomic mass is 9.68. The van der Waals surface area contributed by atoms with Gasteiger partial charge in [-0.2, -0.15) is 0 Å². The molecule has 0 spiro atoms. The fourth-order valence-corrected chi connectivity index (χ4v) is 6.81. The maximum Gasteiger partial charge on any atom is 0.0910 e. The van der Waals surface area contributed by atoms with Crippen LogP contribution >= 0.6 is 0 Å². The lowest BCUT2D eigenvalue weighted by Gasteiger charge is -2.47. The highest BCUT2D eigenvalue weighted by Gasteiger charge is 2.53. The molecule has 2 aromatic carbocycles. The van der Waals surface area contributed by atoms with Crippen LogP contribution in [0, 0.1) is 0 Å². The smallest absolute Gasteiger partial charge is 0.0910 e. The van der Waals surface area contributed by atoms with Gasteiger partial charge in [-0.3, -0.25) is 0 Å². The fraction of sp³-hybridized carbons (Fsp3) is 0.586. The van der Waals surface area contributed by atoms with E-state index < -0.39 is 0 Å². The maximum absolute atomic E-state index is 2.79. The molecule has 166 valence electrons. The van der Waals surface area contributed by atoms with Crippen LogP contribution in [-0.2, 0) is 10.8 Å². The predicted octanol–water partition coefficient (Wildman–Crippen LogP) is 7.32. The van der Waals surface area contributed by atoms with Crippen LogP contribution in [0.2, 0.25) is 0 Å². The van der Waals surface area contributed by atoms with Crippen molar-refractivity contribution in [2.24, 2.45) is 0 Å². The molecule has 0 unspecified atom stereocenters. The second-order valence-electron chi connectivity index (χ2n) is 12.2. The van der Waals surface area contributed by atoms with Crippen molar-refractivity contribution in [3.8, 4) is 0 Å². The summed E-state index contributed by atoms with van der Waals surface area (Å²) in [5.41, 5.74) is 9.62. The molecule has 1 saturated heterocycles. The van der Waals surface area contributed by atoms with Crippen LogP contribution in [0.15, 0.2) is 36.4 Å². The second-order valence-corrected chi connectivity index (χ2v) is 12.2. The van der Waals surface area contributed by atoms with Crippen LogP contribution in [0.1, 0.15) is 102 Å². The monoisotopic (exact) mass is 416 g/mol. The van der Waals surface area contributed by atoms with E-state index in [1.54, 1.807) is 11.1 Å². The van der Waals surface area contributed by atoms with Crippen molar-refractivity contribution >= 4 is 11.4 Å². The molecule has 0 aromatic heterocycles. The molecule has 1 fully saturated rings. The molecular weight excluding hydrogens is 376 g/mol. The van der Waals surface area contributed by atoms with Gasteiger partial charge in [-0.15, -0.1) is 0 Å². The highest BCUT2D eigenvalue weighted by Crippen LogP contribution is 2.55. The Bertz CT molecular complexity index is 932. The minimum absolute atomic E-state index is 0.208. The Morgan fingerprint density at radius 1 is 0.677 bits per heavy atom. The molecule has 2 aromatic rings. The van der Waals surface area contributed by atoms with Gasteiger partial charge in [-0.25, -0.2) is 0 Å². The van der Waals surface area contributed by atoms with E-state index in [0.29, 0.717) is 23.9 Å². The molecule has 0 saturated carbocycles. The van der Waals surface area contributed by atoms with E-state index in [1.165, 1.54) is 35.3 Å². The highest BCUT2D eigenvalue weighted by molar-refractivity contribution is 5.73. The van der Waals surface area contributed by atoms with Crippen LogP contribution in [-0.4, -0.2) is 18.8 Å². The first kappa shape index (κ1) is 20.9. The van der Waals surface area contributed by atoms with E-state index in [0.717, 1.165) is 6.67 Å². The highest BCUT2D eigenvalue weighted by atomic mass is 15.4. The zero-order valence-electron chi connectivity index (χ0n) is 20.8. The van der Waals surface area contributed by atoms with Crippen molar-refractivity contribution < 1.29 is 0 Å². The number of para-hydroxylation sites is 2. The van der Waals surface area contributed by atoms with Crippen molar-refractivity contribution in [3.63, 3.8) is 0 Å². The number of nitrogens with zero attached hydrogens (tertiary/aromatic N) is 2. The number of rotatable bonds is 2. The van der Waals surface area contributed by atoms with Crippen molar-refractivity contribution in [3.05, 3.63) is 58.7 Å².